The van der Waals surface area contributed by atoms with Crippen molar-refractivity contribution in [2.45, 2.75) is 186 Å². The number of rotatable bonds is 13. The van der Waals surface area contributed by atoms with Crippen LogP contribution in [0.15, 0.2) is 47.6 Å². The summed E-state index contributed by atoms with van der Waals surface area (Å²) in [5.41, 5.74) is 1.26. The monoisotopic (exact) mass is 1130 g/mol. The zero-order valence-electron chi connectivity index (χ0n) is 44.9. The number of carbonyl (C=O) groups excluding carboxylic acids is 5. The number of carbonyl (C=O) groups is 5. The van der Waals surface area contributed by atoms with E-state index in [1.165, 1.54) is 12.0 Å². The van der Waals surface area contributed by atoms with E-state index < -0.39 is 77.8 Å². The van der Waals surface area contributed by atoms with Crippen LogP contribution in [0.25, 0.3) is 0 Å². The predicted octanol–water partition coefficient (Wildman–Crippen LogP) is 8.05. The minimum absolute atomic E-state index is 0.00824. The third-order valence-corrected chi connectivity index (χ3v) is 16.1. The highest BCUT2D eigenvalue weighted by Gasteiger charge is 2.53. The summed E-state index contributed by atoms with van der Waals surface area (Å²) >= 11 is 2.34. The van der Waals surface area contributed by atoms with Gasteiger partial charge in [-0.2, -0.15) is 0 Å². The van der Waals surface area contributed by atoms with Crippen LogP contribution in [-0.2, 0) is 57.1 Å². The number of halogens is 1. The van der Waals surface area contributed by atoms with E-state index in [9.17, 15) is 34.2 Å². The van der Waals surface area contributed by atoms with Gasteiger partial charge in [-0.05, 0) is 113 Å². The topological polar surface area (TPSA) is 194 Å². The van der Waals surface area contributed by atoms with Crippen molar-refractivity contribution in [3.63, 3.8) is 0 Å². The first kappa shape index (κ1) is 61.9. The van der Waals surface area contributed by atoms with Gasteiger partial charge in [0.05, 0.1) is 37.6 Å². The number of cyclic esters (lactones) is 1. The number of aliphatic hydroxyl groups excluding tert-OH is 1. The van der Waals surface area contributed by atoms with Crippen LogP contribution in [-0.4, -0.2) is 151 Å². The van der Waals surface area contributed by atoms with E-state index in [-0.39, 0.29) is 73.9 Å². The fraction of sp³-hybridized carbons (Fsp3) is 0.768. The number of esters is 1. The van der Waals surface area contributed by atoms with Crippen LogP contribution in [0.3, 0.4) is 0 Å². The number of ketones is 3. The largest absolute Gasteiger partial charge is 0.460 e. The molecule has 16 heteroatoms. The lowest BCUT2D eigenvalue weighted by Crippen LogP contribution is -2.61. The molecule has 3 aliphatic heterocycles. The molecule has 0 aromatic carbocycles. The van der Waals surface area contributed by atoms with E-state index >= 15 is 0 Å². The number of Topliss-reactive ketones (excluding diaryl/α,β-unsaturated/α-hetero) is 3. The normalized spacial score (nSPS) is 36.5. The van der Waals surface area contributed by atoms with Gasteiger partial charge >= 0.3 is 5.97 Å². The highest BCUT2D eigenvalue weighted by molar-refractivity contribution is 14.1. The quantitative estimate of drug-likeness (QED) is 0.0449. The first-order valence-electron chi connectivity index (χ1n) is 26.5. The van der Waals surface area contributed by atoms with Gasteiger partial charge in [0.1, 0.15) is 30.1 Å². The van der Waals surface area contributed by atoms with Crippen LogP contribution in [0.2, 0.25) is 0 Å². The standard InChI is InChI=1S/C56H88INO14/c1-35-17-12-11-13-18-36(2)47(70-28-27-66-8)33-43-22-20-41(7)56(65,72-43)53(62)54(63)58-25-15-14-19-44(58)55(64)71-48(38(4)31-42-21-23-46(49(32-42)67-9)69-26-16-24-57)34-45(59)37(3)30-40(6)51(61)52(68-10)50(60)39(5)29-35/h11-13,17-18,30,35,37-39,41-44,46-49,51-52,61,65H,14-16,19-29,31-34H2,1-10H3/b13-11?,17-12+,36-18?,40-30+/t35-,37-,38-,39-,41-,42+,43+,44+,46-,47+,48+,49-,51-,52+,56-/m1/s1. The Kier molecular flexibility index (Phi) is 26.4. The fourth-order valence-corrected chi connectivity index (χ4v) is 11.1. The van der Waals surface area contributed by atoms with Crippen LogP contribution >= 0.6 is 22.6 Å². The molecule has 1 amide bonds. The molecule has 4 aliphatic rings. The lowest BCUT2D eigenvalue weighted by Gasteiger charge is -2.43. The Labute approximate surface area is 443 Å². The zero-order valence-corrected chi connectivity index (χ0v) is 47.1. The molecule has 0 unspecified atom stereocenters. The van der Waals surface area contributed by atoms with Gasteiger partial charge in [0.25, 0.3) is 11.7 Å². The molecule has 0 spiro atoms. The highest BCUT2D eigenvalue weighted by atomic mass is 127. The molecule has 1 saturated carbocycles. The molecule has 72 heavy (non-hydrogen) atoms. The smallest absolute Gasteiger partial charge is 0.329 e. The summed E-state index contributed by atoms with van der Waals surface area (Å²) in [6.07, 6.45) is 13.5. The van der Waals surface area contributed by atoms with Crippen LogP contribution < -0.4 is 0 Å². The Hall–Kier alpha value is -2.68. The van der Waals surface area contributed by atoms with Crippen molar-refractivity contribution < 1.29 is 67.3 Å². The Morgan fingerprint density at radius 3 is 2.29 bits per heavy atom. The lowest BCUT2D eigenvalue weighted by atomic mass is 9.78. The number of alkyl halides is 1. The second-order valence-electron chi connectivity index (χ2n) is 21.1. The average Bonchev–Trinajstić information content (AvgIpc) is 3.36. The third-order valence-electron chi connectivity index (χ3n) is 15.4. The highest BCUT2D eigenvalue weighted by Crippen LogP contribution is 2.38. The number of methoxy groups -OCH3 is 3. The van der Waals surface area contributed by atoms with Gasteiger partial charge in [-0.1, -0.05) is 93.7 Å². The van der Waals surface area contributed by atoms with Crippen molar-refractivity contribution in [1.29, 1.82) is 0 Å². The molecule has 2 saturated heterocycles. The molecule has 0 radical (unpaired) electrons. The maximum Gasteiger partial charge on any atom is 0.329 e. The molecular weight excluding hydrogens is 1040 g/mol. The van der Waals surface area contributed by atoms with Crippen LogP contribution in [0.4, 0.5) is 0 Å². The maximum atomic E-state index is 14.6. The van der Waals surface area contributed by atoms with Crippen molar-refractivity contribution in [1.82, 2.24) is 4.90 Å². The molecule has 0 aromatic rings. The predicted molar refractivity (Wildman–Crippen MR) is 283 cm³/mol. The van der Waals surface area contributed by atoms with E-state index in [0.29, 0.717) is 57.3 Å². The maximum absolute atomic E-state index is 14.6. The van der Waals surface area contributed by atoms with Gasteiger partial charge in [0, 0.05) is 69.5 Å². The Bertz CT molecular complexity index is 1890. The molecule has 15 nitrogen and oxygen atoms in total. The van der Waals surface area contributed by atoms with Gasteiger partial charge in [-0.3, -0.25) is 19.2 Å². The van der Waals surface area contributed by atoms with Gasteiger partial charge in [0.15, 0.2) is 5.78 Å². The van der Waals surface area contributed by atoms with Crippen molar-refractivity contribution in [3.8, 4) is 0 Å². The Balaban J connectivity index is 1.71. The summed E-state index contributed by atoms with van der Waals surface area (Å²) in [6.45, 7) is 14.2. The second kappa shape index (κ2) is 30.8. The van der Waals surface area contributed by atoms with E-state index in [1.807, 2.05) is 58.1 Å². The summed E-state index contributed by atoms with van der Waals surface area (Å²) in [7, 11) is 4.67. The van der Waals surface area contributed by atoms with Crippen LogP contribution in [0, 0.1) is 35.5 Å². The molecule has 15 atom stereocenters. The van der Waals surface area contributed by atoms with Crippen molar-refractivity contribution >= 4 is 51.8 Å². The Morgan fingerprint density at radius 2 is 1.60 bits per heavy atom. The molecule has 2 N–H and O–H groups in total. The van der Waals surface area contributed by atoms with E-state index in [4.69, 9.17) is 33.2 Å². The first-order valence-corrected chi connectivity index (χ1v) is 28.1. The second-order valence-corrected chi connectivity index (χ2v) is 22.2. The summed E-state index contributed by atoms with van der Waals surface area (Å²) in [4.78, 5) is 72.7. The van der Waals surface area contributed by atoms with Crippen LogP contribution in [0.5, 0.6) is 0 Å². The van der Waals surface area contributed by atoms with Gasteiger partial charge in [-0.25, -0.2) is 4.79 Å². The van der Waals surface area contributed by atoms with Crippen LogP contribution in [0.1, 0.15) is 132 Å². The minimum atomic E-state index is -2.45. The van der Waals surface area contributed by atoms with Crippen molar-refractivity contribution in [2.75, 3.05) is 52.1 Å². The first-order chi connectivity index (χ1) is 34.3. The summed E-state index contributed by atoms with van der Waals surface area (Å²) in [6, 6.07) is -1.14. The molecule has 3 fully saturated rings. The number of fused-ring (bicyclic) bond motifs is 3. The molecule has 1 aliphatic carbocycles. The minimum Gasteiger partial charge on any atom is -0.460 e. The zero-order chi connectivity index (χ0) is 53.1. The lowest BCUT2D eigenvalue weighted by molar-refractivity contribution is -0.266. The number of hydrogen-bond acceptors (Lipinski definition) is 14. The molecule has 4 rings (SSSR count). The van der Waals surface area contributed by atoms with Crippen molar-refractivity contribution in [3.05, 3.63) is 47.6 Å². The summed E-state index contributed by atoms with van der Waals surface area (Å²) in [5, 5.41) is 23.6. The molecule has 0 aromatic heterocycles. The van der Waals surface area contributed by atoms with Gasteiger partial charge < -0.3 is 48.3 Å². The van der Waals surface area contributed by atoms with E-state index in [1.54, 1.807) is 41.1 Å². The summed E-state index contributed by atoms with van der Waals surface area (Å²) in [5.74, 6) is -7.85. The average molecular weight is 1130 g/mol. The van der Waals surface area contributed by atoms with Gasteiger partial charge in [-0.15, -0.1) is 0 Å². The fourth-order valence-electron chi connectivity index (χ4n) is 10.8. The SMILES string of the molecule is COCCO[C@H]1C[C@@H]2CC[C@@H](C)[C@@](O)(O2)C(=O)C(=O)N2CCCC[C@H]2C(=O)O[C@H]([C@H](C)C[C@@H]2CC[C@@H](OCCCI)[C@H](OC)C2)CC(=O)[C@H](C)/C=C(\C)[C@@H](O)[C@@H](OC)C(=O)[C@H](C)C[C@H](C)/C=C/C=CC=C1C. The number of hydrogen-bond donors (Lipinski definition) is 2. The number of piperidine rings is 1. The van der Waals surface area contributed by atoms with Gasteiger partial charge in [0.2, 0.25) is 5.79 Å². The third kappa shape index (κ3) is 17.7. The molecule has 3 heterocycles. The molecule has 408 valence electrons. The number of allylic oxidation sites excluding steroid dienone is 6. The van der Waals surface area contributed by atoms with E-state index in [0.717, 1.165) is 35.7 Å². The molecule has 2 bridgehead atoms. The number of ether oxygens (including phenoxy) is 7. The van der Waals surface area contributed by atoms with E-state index in [2.05, 4.69) is 22.6 Å². The number of amides is 1. The molecular formula is C56H88INO14. The van der Waals surface area contributed by atoms with Crippen molar-refractivity contribution in [2.24, 2.45) is 35.5 Å². The summed E-state index contributed by atoms with van der Waals surface area (Å²) < 4.78 is 42.9. The number of nitrogens with zero attached hydrogens (tertiary/aromatic N) is 1. The number of aliphatic hydroxyl groups is 2. The Morgan fingerprint density at radius 1 is 0.847 bits per heavy atom.